The predicted molar refractivity (Wildman–Crippen MR) is 86.7 cm³/mol. The van der Waals surface area contributed by atoms with Crippen molar-refractivity contribution in [1.29, 1.82) is 0 Å². The van der Waals surface area contributed by atoms with Crippen LogP contribution in [0.5, 0.6) is 0 Å². The van der Waals surface area contributed by atoms with Crippen molar-refractivity contribution in [3.05, 3.63) is 53.2 Å². The zero-order valence-corrected chi connectivity index (χ0v) is 12.7. The Morgan fingerprint density at radius 2 is 1.95 bits per heavy atom. The monoisotopic (exact) mass is 317 g/mol. The summed E-state index contributed by atoms with van der Waals surface area (Å²) in [4.78, 5) is 18.7. The molecule has 1 amide bonds. The topological polar surface area (TPSA) is 54.5 Å². The van der Waals surface area contributed by atoms with Gasteiger partial charge in [0.1, 0.15) is 5.82 Å². The van der Waals surface area contributed by atoms with Crippen molar-refractivity contribution in [2.24, 2.45) is 0 Å². The predicted octanol–water partition coefficient (Wildman–Crippen LogP) is 2.82. The molecule has 5 nitrogen and oxygen atoms in total. The van der Waals surface area contributed by atoms with E-state index in [1.54, 1.807) is 24.4 Å². The highest BCUT2D eigenvalue weighted by Crippen LogP contribution is 2.21. The molecule has 0 unspecified atom stereocenters. The summed E-state index contributed by atoms with van der Waals surface area (Å²) in [5, 5.41) is 3.29. The van der Waals surface area contributed by atoms with Gasteiger partial charge < -0.3 is 15.0 Å². The quantitative estimate of drug-likeness (QED) is 0.946. The molecule has 0 saturated carbocycles. The third-order valence-electron chi connectivity index (χ3n) is 3.47. The maximum atomic E-state index is 12.2. The number of hydrogen-bond donors (Lipinski definition) is 1. The minimum absolute atomic E-state index is 0.228. The number of para-hydroxylation sites is 1. The number of benzene rings is 1. The number of amides is 1. The first-order valence-electron chi connectivity index (χ1n) is 7.09. The summed E-state index contributed by atoms with van der Waals surface area (Å²) in [6.07, 6.45) is 1.58. The van der Waals surface area contributed by atoms with Gasteiger partial charge in [0.25, 0.3) is 5.91 Å². The number of pyridine rings is 1. The molecule has 114 valence electrons. The lowest BCUT2D eigenvalue weighted by Gasteiger charge is -2.27. The van der Waals surface area contributed by atoms with E-state index in [-0.39, 0.29) is 5.91 Å². The van der Waals surface area contributed by atoms with E-state index >= 15 is 0 Å². The van der Waals surface area contributed by atoms with Gasteiger partial charge in [-0.1, -0.05) is 23.7 Å². The second-order valence-corrected chi connectivity index (χ2v) is 5.35. The van der Waals surface area contributed by atoms with Crippen LogP contribution in [0.3, 0.4) is 0 Å². The highest BCUT2D eigenvalue weighted by atomic mass is 35.5. The van der Waals surface area contributed by atoms with Gasteiger partial charge >= 0.3 is 0 Å². The van der Waals surface area contributed by atoms with Crippen LogP contribution in [0.1, 0.15) is 10.4 Å². The maximum absolute atomic E-state index is 12.2. The van der Waals surface area contributed by atoms with Crippen molar-refractivity contribution in [2.75, 3.05) is 36.5 Å². The number of carbonyl (C=O) groups excluding carboxylic acids is 1. The SMILES string of the molecule is O=C(Nc1ccccc1Cl)c1ccc(N2CCOCC2)nc1. The largest absolute Gasteiger partial charge is 0.378 e. The van der Waals surface area contributed by atoms with Crippen molar-refractivity contribution >= 4 is 29.0 Å². The van der Waals surface area contributed by atoms with E-state index in [0.717, 1.165) is 18.9 Å². The van der Waals surface area contributed by atoms with E-state index in [0.29, 0.717) is 29.5 Å². The summed E-state index contributed by atoms with van der Waals surface area (Å²) in [5.74, 6) is 0.631. The summed E-state index contributed by atoms with van der Waals surface area (Å²) in [7, 11) is 0. The van der Waals surface area contributed by atoms with Crippen molar-refractivity contribution in [3.8, 4) is 0 Å². The smallest absolute Gasteiger partial charge is 0.257 e. The first-order valence-corrected chi connectivity index (χ1v) is 7.46. The van der Waals surface area contributed by atoms with Crippen LogP contribution in [0.2, 0.25) is 5.02 Å². The van der Waals surface area contributed by atoms with Crippen LogP contribution in [0.25, 0.3) is 0 Å². The van der Waals surface area contributed by atoms with Gasteiger partial charge in [-0.3, -0.25) is 4.79 Å². The van der Waals surface area contributed by atoms with Crippen LogP contribution in [0.15, 0.2) is 42.6 Å². The molecule has 0 aliphatic carbocycles. The molecule has 2 aromatic rings. The number of carbonyl (C=O) groups is 1. The molecule has 1 aliphatic rings. The number of nitrogens with zero attached hydrogens (tertiary/aromatic N) is 2. The molecule has 3 rings (SSSR count). The van der Waals surface area contributed by atoms with Crippen molar-refractivity contribution in [2.45, 2.75) is 0 Å². The summed E-state index contributed by atoms with van der Waals surface area (Å²) in [6.45, 7) is 3.04. The van der Waals surface area contributed by atoms with E-state index in [1.165, 1.54) is 0 Å². The van der Waals surface area contributed by atoms with Gasteiger partial charge in [-0.15, -0.1) is 0 Å². The van der Waals surface area contributed by atoms with E-state index in [9.17, 15) is 4.79 Å². The number of halogens is 1. The van der Waals surface area contributed by atoms with Gasteiger partial charge in [0.2, 0.25) is 0 Å². The molecular weight excluding hydrogens is 302 g/mol. The molecule has 6 heteroatoms. The van der Waals surface area contributed by atoms with E-state index in [4.69, 9.17) is 16.3 Å². The van der Waals surface area contributed by atoms with Crippen LogP contribution in [0, 0.1) is 0 Å². The molecule has 1 N–H and O–H groups in total. The minimum atomic E-state index is -0.228. The van der Waals surface area contributed by atoms with Crippen LogP contribution < -0.4 is 10.2 Å². The second kappa shape index (κ2) is 6.77. The molecule has 1 saturated heterocycles. The molecule has 2 heterocycles. The average molecular weight is 318 g/mol. The van der Waals surface area contributed by atoms with Crippen LogP contribution >= 0.6 is 11.6 Å². The molecule has 0 atom stereocenters. The summed E-state index contributed by atoms with van der Waals surface area (Å²) in [6, 6.07) is 10.8. The number of aromatic nitrogens is 1. The van der Waals surface area contributed by atoms with Crippen molar-refractivity contribution in [1.82, 2.24) is 4.98 Å². The Hall–Kier alpha value is -2.11. The highest BCUT2D eigenvalue weighted by Gasteiger charge is 2.14. The number of hydrogen-bond acceptors (Lipinski definition) is 4. The molecule has 0 radical (unpaired) electrons. The summed E-state index contributed by atoms with van der Waals surface area (Å²) >= 11 is 6.03. The van der Waals surface area contributed by atoms with Gasteiger partial charge in [-0.05, 0) is 24.3 Å². The molecule has 22 heavy (non-hydrogen) atoms. The standard InChI is InChI=1S/C16H16ClN3O2/c17-13-3-1-2-4-14(13)19-16(21)12-5-6-15(18-11-12)20-7-9-22-10-8-20/h1-6,11H,7-10H2,(H,19,21). The normalized spacial score (nSPS) is 14.7. The maximum Gasteiger partial charge on any atom is 0.257 e. The first kappa shape index (κ1) is 14.8. The number of nitrogens with one attached hydrogen (secondary N) is 1. The molecule has 1 fully saturated rings. The lowest BCUT2D eigenvalue weighted by atomic mass is 10.2. The lowest BCUT2D eigenvalue weighted by molar-refractivity contribution is 0.102. The Balaban J connectivity index is 1.69. The zero-order chi connectivity index (χ0) is 15.4. The number of morpholine rings is 1. The Bertz CT molecular complexity index is 655. The van der Waals surface area contributed by atoms with E-state index in [2.05, 4.69) is 15.2 Å². The fourth-order valence-electron chi connectivity index (χ4n) is 2.26. The molecule has 1 aliphatic heterocycles. The van der Waals surface area contributed by atoms with Crippen LogP contribution in [-0.4, -0.2) is 37.2 Å². The fourth-order valence-corrected chi connectivity index (χ4v) is 2.44. The molecule has 0 spiro atoms. The number of anilines is 2. The first-order chi connectivity index (χ1) is 10.7. The van der Waals surface area contributed by atoms with Gasteiger partial charge in [-0.25, -0.2) is 4.98 Å². The van der Waals surface area contributed by atoms with Gasteiger partial charge in [0.15, 0.2) is 0 Å². The lowest BCUT2D eigenvalue weighted by Crippen LogP contribution is -2.36. The van der Waals surface area contributed by atoms with Gasteiger partial charge in [0.05, 0.1) is 29.5 Å². The van der Waals surface area contributed by atoms with Crippen molar-refractivity contribution in [3.63, 3.8) is 0 Å². The van der Waals surface area contributed by atoms with E-state index in [1.807, 2.05) is 18.2 Å². The third-order valence-corrected chi connectivity index (χ3v) is 3.80. The molecule has 1 aromatic heterocycles. The Kier molecular flexibility index (Phi) is 4.56. The zero-order valence-electron chi connectivity index (χ0n) is 12.0. The van der Waals surface area contributed by atoms with Gasteiger partial charge in [0, 0.05) is 19.3 Å². The van der Waals surface area contributed by atoms with E-state index < -0.39 is 0 Å². The van der Waals surface area contributed by atoms with Crippen molar-refractivity contribution < 1.29 is 9.53 Å². The molecule has 0 bridgehead atoms. The second-order valence-electron chi connectivity index (χ2n) is 4.94. The Labute approximate surface area is 133 Å². The Morgan fingerprint density at radius 1 is 1.18 bits per heavy atom. The number of rotatable bonds is 3. The Morgan fingerprint density at radius 3 is 2.64 bits per heavy atom. The highest BCUT2D eigenvalue weighted by molar-refractivity contribution is 6.33. The van der Waals surface area contributed by atoms with Gasteiger partial charge in [-0.2, -0.15) is 0 Å². The molecular formula is C16H16ClN3O2. The summed E-state index contributed by atoms with van der Waals surface area (Å²) in [5.41, 5.74) is 1.09. The third kappa shape index (κ3) is 3.37. The van der Waals surface area contributed by atoms with Crippen LogP contribution in [0.4, 0.5) is 11.5 Å². The van der Waals surface area contributed by atoms with Crippen LogP contribution in [-0.2, 0) is 4.74 Å². The fraction of sp³-hybridized carbons (Fsp3) is 0.250. The molecule has 1 aromatic carbocycles. The number of ether oxygens (including phenoxy) is 1. The summed E-state index contributed by atoms with van der Waals surface area (Å²) < 4.78 is 5.31. The minimum Gasteiger partial charge on any atom is -0.378 e. The average Bonchev–Trinajstić information content (AvgIpc) is 2.58.